The zero-order valence-electron chi connectivity index (χ0n) is 10.7. The number of aromatic amines is 1. The van der Waals surface area contributed by atoms with Crippen LogP contribution in [0.2, 0.25) is 0 Å². The van der Waals surface area contributed by atoms with Gasteiger partial charge in [-0.25, -0.2) is 9.78 Å². The van der Waals surface area contributed by atoms with Crippen molar-refractivity contribution in [3.05, 3.63) is 23.8 Å². The predicted octanol–water partition coefficient (Wildman–Crippen LogP) is 3.18. The maximum Gasteiger partial charge on any atom is 0.356 e. The summed E-state index contributed by atoms with van der Waals surface area (Å²) in [6.45, 7) is 6.54. The number of nitrogens with zero attached hydrogens (tertiary/aromatic N) is 1. The molecule has 0 unspecified atom stereocenters. The molecule has 0 saturated carbocycles. The van der Waals surface area contributed by atoms with E-state index in [1.165, 1.54) is 6.20 Å². The summed E-state index contributed by atoms with van der Waals surface area (Å²) < 4.78 is 5.10. The van der Waals surface area contributed by atoms with Gasteiger partial charge in [-0.15, -0.1) is 0 Å². The number of ether oxygens (including phenoxy) is 1. The molecule has 0 amide bonds. The molecule has 0 atom stereocenters. The van der Waals surface area contributed by atoms with E-state index < -0.39 is 0 Å². The molecule has 0 fully saturated rings. The molecule has 1 aromatic rings. The first kappa shape index (κ1) is 13.5. The molecule has 0 radical (unpaired) electrons. The van der Waals surface area contributed by atoms with E-state index >= 15 is 0 Å². The number of nitrogens with one attached hydrogen (secondary N) is 1. The van der Waals surface area contributed by atoms with Gasteiger partial charge in [0, 0.05) is 0 Å². The summed E-state index contributed by atoms with van der Waals surface area (Å²) in [6, 6.07) is 0. The van der Waals surface area contributed by atoms with Gasteiger partial charge in [-0.2, -0.15) is 0 Å². The molecule has 94 valence electrons. The Kier molecular flexibility index (Phi) is 5.46. The van der Waals surface area contributed by atoms with E-state index in [9.17, 15) is 4.79 Å². The smallest absolute Gasteiger partial charge is 0.356 e. The molecule has 1 rings (SSSR count). The Balaban J connectivity index is 2.64. The van der Waals surface area contributed by atoms with Gasteiger partial charge in [-0.1, -0.05) is 26.3 Å². The molecule has 0 aliphatic carbocycles. The predicted molar refractivity (Wildman–Crippen MR) is 67.7 cm³/mol. The van der Waals surface area contributed by atoms with Crippen molar-refractivity contribution < 1.29 is 9.53 Å². The summed E-state index contributed by atoms with van der Waals surface area (Å²) in [5.41, 5.74) is 1.52. The third-order valence-corrected chi connectivity index (χ3v) is 2.56. The Morgan fingerprint density at radius 3 is 2.88 bits per heavy atom. The number of allylic oxidation sites excluding steroid dienone is 2. The largest absolute Gasteiger partial charge is 0.461 e. The highest BCUT2D eigenvalue weighted by Gasteiger charge is 2.11. The van der Waals surface area contributed by atoms with Crippen molar-refractivity contribution in [2.24, 2.45) is 0 Å². The number of imidazole rings is 1. The first-order valence-electron chi connectivity index (χ1n) is 6.10. The lowest BCUT2D eigenvalue weighted by molar-refractivity contribution is 0.0493. The number of hydrogen-bond donors (Lipinski definition) is 1. The number of esters is 1. The van der Waals surface area contributed by atoms with E-state index in [-0.39, 0.29) is 5.97 Å². The van der Waals surface area contributed by atoms with Crippen molar-refractivity contribution in [3.63, 3.8) is 0 Å². The second-order valence-electron chi connectivity index (χ2n) is 3.80. The molecule has 0 spiro atoms. The maximum atomic E-state index is 11.6. The standard InChI is InChI=1S/C13H20N2O2/c1-4-7-8-17-13(16)11-9-14-12(15-11)10(5-2)6-3/h5,9H,4,6-8H2,1-3H3,(H,14,15)/b10-5+. The van der Waals surface area contributed by atoms with Crippen LogP contribution >= 0.6 is 0 Å². The Morgan fingerprint density at radius 2 is 2.29 bits per heavy atom. The lowest BCUT2D eigenvalue weighted by atomic mass is 10.2. The summed E-state index contributed by atoms with van der Waals surface area (Å²) in [5.74, 6) is 0.418. The van der Waals surface area contributed by atoms with Crippen LogP contribution in [0, 0.1) is 0 Å². The van der Waals surface area contributed by atoms with Gasteiger partial charge in [-0.05, 0) is 25.3 Å². The number of aromatic nitrogens is 2. The van der Waals surface area contributed by atoms with Crippen LogP contribution in [0.3, 0.4) is 0 Å². The highest BCUT2D eigenvalue weighted by Crippen LogP contribution is 2.14. The lowest BCUT2D eigenvalue weighted by Gasteiger charge is -2.01. The van der Waals surface area contributed by atoms with Crippen LogP contribution in [0.5, 0.6) is 0 Å². The monoisotopic (exact) mass is 236 g/mol. The van der Waals surface area contributed by atoms with Gasteiger partial charge in [0.1, 0.15) is 11.5 Å². The topological polar surface area (TPSA) is 55.0 Å². The van der Waals surface area contributed by atoms with Crippen LogP contribution in [0.4, 0.5) is 0 Å². The molecule has 0 saturated heterocycles. The maximum absolute atomic E-state index is 11.6. The van der Waals surface area contributed by atoms with Crippen LogP contribution in [0.25, 0.3) is 5.57 Å². The van der Waals surface area contributed by atoms with Crippen LogP contribution in [0.1, 0.15) is 56.3 Å². The van der Waals surface area contributed by atoms with Gasteiger partial charge in [0.25, 0.3) is 0 Å². The van der Waals surface area contributed by atoms with E-state index in [1.807, 2.05) is 13.0 Å². The molecule has 0 aliphatic rings. The minimum absolute atomic E-state index is 0.330. The highest BCUT2D eigenvalue weighted by atomic mass is 16.5. The molecule has 1 N–H and O–H groups in total. The van der Waals surface area contributed by atoms with E-state index in [2.05, 4.69) is 23.8 Å². The molecule has 17 heavy (non-hydrogen) atoms. The number of H-pyrrole nitrogens is 1. The quantitative estimate of drug-likeness (QED) is 0.609. The summed E-state index contributed by atoms with van der Waals surface area (Å²) in [7, 11) is 0. The van der Waals surface area contributed by atoms with Gasteiger partial charge in [0.2, 0.25) is 0 Å². The molecular weight excluding hydrogens is 216 g/mol. The molecule has 4 nitrogen and oxygen atoms in total. The van der Waals surface area contributed by atoms with Crippen LogP contribution < -0.4 is 0 Å². The van der Waals surface area contributed by atoms with Crippen LogP contribution in [-0.4, -0.2) is 22.5 Å². The summed E-state index contributed by atoms with van der Waals surface area (Å²) in [5, 5.41) is 0. The Bertz CT molecular complexity index is 394. The number of rotatable bonds is 6. The highest BCUT2D eigenvalue weighted by molar-refractivity contribution is 5.87. The second kappa shape index (κ2) is 6.89. The van der Waals surface area contributed by atoms with Crippen LogP contribution in [0.15, 0.2) is 12.3 Å². The number of hydrogen-bond acceptors (Lipinski definition) is 3. The van der Waals surface area contributed by atoms with Crippen molar-refractivity contribution in [2.45, 2.75) is 40.0 Å². The van der Waals surface area contributed by atoms with E-state index in [0.29, 0.717) is 12.3 Å². The van der Waals surface area contributed by atoms with Gasteiger partial charge in [0.05, 0.1) is 12.8 Å². The first-order chi connectivity index (χ1) is 8.22. The Labute approximate surface area is 102 Å². The minimum Gasteiger partial charge on any atom is -0.461 e. The molecule has 1 aromatic heterocycles. The molecule has 4 heteroatoms. The van der Waals surface area contributed by atoms with Crippen molar-refractivity contribution >= 4 is 11.5 Å². The number of unbranched alkanes of at least 4 members (excludes halogenated alkanes) is 1. The Hall–Kier alpha value is -1.58. The third kappa shape index (κ3) is 3.73. The van der Waals surface area contributed by atoms with Crippen molar-refractivity contribution in [3.8, 4) is 0 Å². The fraction of sp³-hybridized carbons (Fsp3) is 0.538. The average molecular weight is 236 g/mol. The zero-order valence-corrected chi connectivity index (χ0v) is 10.7. The SMILES string of the molecule is C/C=C(\CC)c1ncc(C(=O)OCCCC)[nH]1. The van der Waals surface area contributed by atoms with Gasteiger partial charge >= 0.3 is 5.97 Å². The third-order valence-electron chi connectivity index (χ3n) is 2.56. The van der Waals surface area contributed by atoms with E-state index in [1.54, 1.807) is 0 Å². The minimum atomic E-state index is -0.330. The van der Waals surface area contributed by atoms with Crippen molar-refractivity contribution in [2.75, 3.05) is 6.61 Å². The molecule has 0 aliphatic heterocycles. The molecule has 1 heterocycles. The fourth-order valence-corrected chi connectivity index (χ4v) is 1.48. The van der Waals surface area contributed by atoms with Gasteiger partial charge in [-0.3, -0.25) is 0 Å². The fourth-order valence-electron chi connectivity index (χ4n) is 1.48. The normalized spacial score (nSPS) is 11.6. The zero-order chi connectivity index (χ0) is 12.7. The Morgan fingerprint density at radius 1 is 1.53 bits per heavy atom. The average Bonchev–Trinajstić information content (AvgIpc) is 2.80. The van der Waals surface area contributed by atoms with Crippen molar-refractivity contribution in [1.82, 2.24) is 9.97 Å². The lowest BCUT2D eigenvalue weighted by Crippen LogP contribution is -2.06. The summed E-state index contributed by atoms with van der Waals surface area (Å²) >= 11 is 0. The van der Waals surface area contributed by atoms with Crippen molar-refractivity contribution in [1.29, 1.82) is 0 Å². The number of carbonyl (C=O) groups excluding carboxylic acids is 1. The molecule has 0 aromatic carbocycles. The van der Waals surface area contributed by atoms with Crippen LogP contribution in [-0.2, 0) is 4.74 Å². The van der Waals surface area contributed by atoms with Gasteiger partial charge in [0.15, 0.2) is 0 Å². The van der Waals surface area contributed by atoms with Gasteiger partial charge < -0.3 is 9.72 Å². The molecule has 0 bridgehead atoms. The summed E-state index contributed by atoms with van der Waals surface area (Å²) in [4.78, 5) is 18.8. The first-order valence-corrected chi connectivity index (χ1v) is 6.10. The second-order valence-corrected chi connectivity index (χ2v) is 3.80. The molecular formula is C13H20N2O2. The summed E-state index contributed by atoms with van der Waals surface area (Å²) in [6.07, 6.45) is 6.31. The number of carbonyl (C=O) groups is 1. The van der Waals surface area contributed by atoms with E-state index in [4.69, 9.17) is 4.74 Å². The van der Waals surface area contributed by atoms with E-state index in [0.717, 1.165) is 30.7 Å².